The smallest absolute Gasteiger partial charge is 0.290 e. The van der Waals surface area contributed by atoms with Crippen LogP contribution >= 0.6 is 0 Å². The molecule has 0 saturated carbocycles. The van der Waals surface area contributed by atoms with Crippen molar-refractivity contribution in [1.29, 1.82) is 0 Å². The molecule has 2 amide bonds. The van der Waals surface area contributed by atoms with Crippen LogP contribution in [0, 0.1) is 0 Å². The van der Waals surface area contributed by atoms with E-state index in [1.54, 1.807) is 0 Å². The summed E-state index contributed by atoms with van der Waals surface area (Å²) >= 11 is 0. The minimum absolute atomic E-state index is 0.0241. The molecule has 2 aliphatic rings. The number of carbonyl (C=O) groups is 3. The molecule has 1 atom stereocenters. The van der Waals surface area contributed by atoms with Gasteiger partial charge in [-0.25, -0.2) is 0 Å². The number of aromatic amines is 1. The monoisotopic (exact) mass is 370 g/mol. The summed E-state index contributed by atoms with van der Waals surface area (Å²) in [6.07, 6.45) is 2.60. The summed E-state index contributed by atoms with van der Waals surface area (Å²) in [5.74, 6) is 0.0178. The average Bonchev–Trinajstić information content (AvgIpc) is 3.23. The largest absolute Gasteiger partial charge is 0.483 e. The Balaban J connectivity index is 0.000000659. The van der Waals surface area contributed by atoms with E-state index in [2.05, 4.69) is 27.6 Å². The Morgan fingerprint density at radius 3 is 2.56 bits per heavy atom. The van der Waals surface area contributed by atoms with Gasteiger partial charge >= 0.3 is 0 Å². The number of hydrogen-bond donors (Lipinski definition) is 3. The highest BCUT2D eigenvalue weighted by atomic mass is 16.3. The first-order valence-electron chi connectivity index (χ1n) is 8.91. The van der Waals surface area contributed by atoms with Crippen molar-refractivity contribution in [2.24, 2.45) is 0 Å². The van der Waals surface area contributed by atoms with Gasteiger partial charge in [0.2, 0.25) is 11.8 Å². The second kappa shape index (κ2) is 8.48. The summed E-state index contributed by atoms with van der Waals surface area (Å²) in [6, 6.07) is 9.76. The van der Waals surface area contributed by atoms with Gasteiger partial charge in [-0.05, 0) is 12.8 Å². The van der Waals surface area contributed by atoms with Crippen LogP contribution in [0.2, 0.25) is 0 Å². The Morgan fingerprint density at radius 1 is 1.19 bits per heavy atom. The number of carboxylic acid groups (broad SMARTS) is 1. The van der Waals surface area contributed by atoms with Gasteiger partial charge in [0, 0.05) is 42.8 Å². The molecular weight excluding hydrogens is 348 g/mol. The standard InChI is InChI=1S/C18H20N4O2.CH2O2/c23-16-7-6-15(19-16)18(24)22-10-8-13-14(9-11-22)20-21-17(13)12-4-2-1-3-5-12;2-1-3/h1-5,15H,6-11H2,(H,19,23)(H,20,21);1H,(H,2,3). The van der Waals surface area contributed by atoms with Crippen LogP contribution in [0.25, 0.3) is 11.3 Å². The normalized spacial score (nSPS) is 18.6. The van der Waals surface area contributed by atoms with E-state index < -0.39 is 0 Å². The zero-order valence-electron chi connectivity index (χ0n) is 14.9. The minimum Gasteiger partial charge on any atom is -0.483 e. The van der Waals surface area contributed by atoms with Gasteiger partial charge in [0.1, 0.15) is 6.04 Å². The fourth-order valence-electron chi connectivity index (χ4n) is 3.56. The maximum Gasteiger partial charge on any atom is 0.290 e. The summed E-state index contributed by atoms with van der Waals surface area (Å²) in [4.78, 5) is 34.2. The highest BCUT2D eigenvalue weighted by molar-refractivity contribution is 5.90. The Hall–Kier alpha value is -3.16. The van der Waals surface area contributed by atoms with Crippen LogP contribution in [0.15, 0.2) is 30.3 Å². The van der Waals surface area contributed by atoms with Crippen LogP contribution in [0.3, 0.4) is 0 Å². The lowest BCUT2D eigenvalue weighted by atomic mass is 10.0. The highest BCUT2D eigenvalue weighted by Gasteiger charge is 2.32. The molecule has 1 aromatic carbocycles. The van der Waals surface area contributed by atoms with Gasteiger partial charge in [-0.2, -0.15) is 5.10 Å². The van der Waals surface area contributed by atoms with Crippen LogP contribution in [0.1, 0.15) is 24.1 Å². The lowest BCUT2D eigenvalue weighted by Crippen LogP contribution is -2.45. The number of fused-ring (bicyclic) bond motifs is 1. The van der Waals surface area contributed by atoms with Crippen molar-refractivity contribution in [2.45, 2.75) is 31.7 Å². The van der Waals surface area contributed by atoms with E-state index in [4.69, 9.17) is 9.90 Å². The van der Waals surface area contributed by atoms with Crippen molar-refractivity contribution in [2.75, 3.05) is 13.1 Å². The van der Waals surface area contributed by atoms with Crippen molar-refractivity contribution in [3.8, 4) is 11.3 Å². The zero-order valence-corrected chi connectivity index (χ0v) is 14.9. The number of rotatable bonds is 2. The molecular formula is C19H22N4O4. The topological polar surface area (TPSA) is 115 Å². The van der Waals surface area contributed by atoms with E-state index in [9.17, 15) is 9.59 Å². The quantitative estimate of drug-likeness (QED) is 0.682. The molecule has 1 fully saturated rings. The lowest BCUT2D eigenvalue weighted by molar-refractivity contribution is -0.134. The number of carbonyl (C=O) groups excluding carboxylic acids is 2. The highest BCUT2D eigenvalue weighted by Crippen LogP contribution is 2.26. The molecule has 2 aromatic rings. The molecule has 4 rings (SSSR count). The van der Waals surface area contributed by atoms with Crippen LogP contribution in [-0.4, -0.2) is 57.6 Å². The fraction of sp³-hybridized carbons (Fsp3) is 0.368. The molecule has 3 N–H and O–H groups in total. The maximum atomic E-state index is 12.6. The van der Waals surface area contributed by atoms with E-state index in [1.807, 2.05) is 23.1 Å². The van der Waals surface area contributed by atoms with Gasteiger partial charge in [-0.15, -0.1) is 0 Å². The Morgan fingerprint density at radius 2 is 1.89 bits per heavy atom. The van der Waals surface area contributed by atoms with Crippen molar-refractivity contribution in [3.63, 3.8) is 0 Å². The third-order valence-electron chi connectivity index (χ3n) is 4.87. The number of hydrogen-bond acceptors (Lipinski definition) is 4. The van der Waals surface area contributed by atoms with Gasteiger partial charge in [-0.3, -0.25) is 19.5 Å². The van der Waals surface area contributed by atoms with E-state index in [0.717, 1.165) is 29.8 Å². The second-order valence-electron chi connectivity index (χ2n) is 6.48. The van der Waals surface area contributed by atoms with Crippen molar-refractivity contribution >= 4 is 18.3 Å². The minimum atomic E-state index is -0.347. The number of aromatic nitrogens is 2. The lowest BCUT2D eigenvalue weighted by Gasteiger charge is -2.23. The third kappa shape index (κ3) is 4.16. The van der Waals surface area contributed by atoms with Crippen LogP contribution < -0.4 is 5.32 Å². The van der Waals surface area contributed by atoms with E-state index in [-0.39, 0.29) is 24.3 Å². The second-order valence-corrected chi connectivity index (χ2v) is 6.48. The molecule has 142 valence electrons. The fourth-order valence-corrected chi connectivity index (χ4v) is 3.56. The van der Waals surface area contributed by atoms with Crippen LogP contribution in [0.5, 0.6) is 0 Å². The first-order valence-corrected chi connectivity index (χ1v) is 8.91. The summed E-state index contributed by atoms with van der Waals surface area (Å²) in [5, 5.41) is 17.3. The van der Waals surface area contributed by atoms with Crippen LogP contribution in [0.4, 0.5) is 0 Å². The Kier molecular flexibility index (Phi) is 5.85. The third-order valence-corrected chi connectivity index (χ3v) is 4.87. The predicted molar refractivity (Wildman–Crippen MR) is 97.9 cm³/mol. The summed E-state index contributed by atoms with van der Waals surface area (Å²) in [7, 11) is 0. The molecule has 8 nitrogen and oxygen atoms in total. The molecule has 0 bridgehead atoms. The molecule has 8 heteroatoms. The summed E-state index contributed by atoms with van der Waals surface area (Å²) in [6.45, 7) is 1.08. The maximum absolute atomic E-state index is 12.6. The molecule has 2 aliphatic heterocycles. The van der Waals surface area contributed by atoms with Gasteiger partial charge in [0.05, 0.1) is 5.69 Å². The van der Waals surface area contributed by atoms with E-state index in [1.165, 1.54) is 5.56 Å². The number of H-pyrrole nitrogens is 1. The van der Waals surface area contributed by atoms with Crippen LogP contribution in [-0.2, 0) is 27.2 Å². The molecule has 1 saturated heterocycles. The average molecular weight is 370 g/mol. The summed E-state index contributed by atoms with van der Waals surface area (Å²) in [5.41, 5.74) is 4.39. The summed E-state index contributed by atoms with van der Waals surface area (Å²) < 4.78 is 0. The Bertz CT molecular complexity index is 818. The number of amides is 2. The molecule has 0 aliphatic carbocycles. The van der Waals surface area contributed by atoms with E-state index >= 15 is 0 Å². The first kappa shape index (κ1) is 18.6. The zero-order chi connectivity index (χ0) is 19.2. The van der Waals surface area contributed by atoms with Crippen molar-refractivity contribution < 1.29 is 19.5 Å². The molecule has 0 spiro atoms. The van der Waals surface area contributed by atoms with Gasteiger partial charge in [-0.1, -0.05) is 30.3 Å². The number of benzene rings is 1. The SMILES string of the molecule is O=C1CCC(C(=O)N2CCc3[nH]nc(-c4ccccc4)c3CC2)N1.O=CO. The van der Waals surface area contributed by atoms with Gasteiger partial charge in [0.25, 0.3) is 6.47 Å². The van der Waals surface area contributed by atoms with E-state index in [0.29, 0.717) is 25.9 Å². The molecule has 3 heterocycles. The van der Waals surface area contributed by atoms with Gasteiger partial charge < -0.3 is 15.3 Å². The molecule has 1 aromatic heterocycles. The number of nitrogens with one attached hydrogen (secondary N) is 2. The molecule has 1 unspecified atom stereocenters. The van der Waals surface area contributed by atoms with Gasteiger partial charge in [0.15, 0.2) is 0 Å². The molecule has 27 heavy (non-hydrogen) atoms. The van der Waals surface area contributed by atoms with Crippen molar-refractivity contribution in [1.82, 2.24) is 20.4 Å². The Labute approximate surface area is 156 Å². The predicted octanol–water partition coefficient (Wildman–Crippen LogP) is 0.983. The number of nitrogens with zero attached hydrogens (tertiary/aromatic N) is 2. The first-order chi connectivity index (χ1) is 13.1. The molecule has 0 radical (unpaired) electrons. The van der Waals surface area contributed by atoms with Crippen molar-refractivity contribution in [3.05, 3.63) is 41.6 Å².